The fourth-order valence-electron chi connectivity index (χ4n) is 2.08. The molecular formula is C15H14N5+. The van der Waals surface area contributed by atoms with Crippen molar-refractivity contribution in [1.82, 2.24) is 9.97 Å². The van der Waals surface area contributed by atoms with E-state index < -0.39 is 0 Å². The third-order valence-electron chi connectivity index (χ3n) is 2.91. The molecule has 0 atom stereocenters. The Hall–Kier alpha value is -2.95. The highest BCUT2D eigenvalue weighted by atomic mass is 15.1. The molecule has 3 rings (SSSR count). The molecule has 5 N–H and O–H groups in total. The van der Waals surface area contributed by atoms with E-state index in [2.05, 4.69) is 15.0 Å². The van der Waals surface area contributed by atoms with Crippen LogP contribution in [0, 0.1) is 0 Å². The molecule has 0 bridgehead atoms. The first-order valence-corrected chi connectivity index (χ1v) is 6.21. The molecule has 2 aromatic carbocycles. The lowest BCUT2D eigenvalue weighted by Gasteiger charge is -2.03. The van der Waals surface area contributed by atoms with Crippen molar-refractivity contribution in [1.29, 1.82) is 0 Å². The van der Waals surface area contributed by atoms with E-state index in [1.807, 2.05) is 54.6 Å². The number of hydrogen-bond acceptors (Lipinski definition) is 2. The minimum atomic E-state index is 0.0688. The smallest absolute Gasteiger partial charge is 0.323 e. The molecule has 0 saturated heterocycles. The number of para-hydroxylation sites is 1. The Kier molecular flexibility index (Phi) is 3.01. The number of aromatic nitrogens is 2. The van der Waals surface area contributed by atoms with Crippen molar-refractivity contribution in [2.45, 2.75) is 0 Å². The van der Waals surface area contributed by atoms with Crippen LogP contribution in [0.25, 0.3) is 22.2 Å². The number of nitrogens with one attached hydrogen (secondary N) is 1. The largest absolute Gasteiger partial charge is 0.354 e. The second kappa shape index (κ2) is 4.97. The quantitative estimate of drug-likeness (QED) is 0.458. The molecule has 20 heavy (non-hydrogen) atoms. The molecule has 1 aromatic heterocycles. The molecule has 0 fully saturated rings. The van der Waals surface area contributed by atoms with E-state index >= 15 is 0 Å². The van der Waals surface area contributed by atoms with E-state index in [-0.39, 0.29) is 5.96 Å². The number of guanidine groups is 1. The lowest BCUT2D eigenvalue weighted by molar-refractivity contribution is -0.366. The standard InChI is InChI=1S/C15H13N5/c16-14(17)20-15-18-12-9-5-4-8-11(12)13(19-15)10-6-2-1-3-7-10/h1-9H,(H4,16,17,18,19,20)/p+1. The van der Waals surface area contributed by atoms with Gasteiger partial charge in [0, 0.05) is 10.9 Å². The maximum Gasteiger partial charge on any atom is 0.354 e. The van der Waals surface area contributed by atoms with E-state index in [1.54, 1.807) is 0 Å². The van der Waals surface area contributed by atoms with Gasteiger partial charge in [0.2, 0.25) is 0 Å². The van der Waals surface area contributed by atoms with Gasteiger partial charge in [-0.25, -0.2) is 4.99 Å². The Labute approximate surface area is 116 Å². The molecule has 0 radical (unpaired) electrons. The fraction of sp³-hybridized carbons (Fsp3) is 0. The lowest BCUT2D eigenvalue weighted by atomic mass is 10.1. The van der Waals surface area contributed by atoms with Crippen molar-refractivity contribution in [3.05, 3.63) is 54.6 Å². The van der Waals surface area contributed by atoms with Gasteiger partial charge in [-0.2, -0.15) is 0 Å². The van der Waals surface area contributed by atoms with Crippen molar-refractivity contribution in [3.63, 3.8) is 0 Å². The summed E-state index contributed by atoms with van der Waals surface area (Å²) in [4.78, 5) is 11.7. The van der Waals surface area contributed by atoms with Gasteiger partial charge in [0.25, 0.3) is 5.96 Å². The molecule has 98 valence electrons. The number of hydrogen-bond donors (Lipinski definition) is 3. The highest BCUT2D eigenvalue weighted by molar-refractivity contribution is 5.92. The minimum Gasteiger partial charge on any atom is -0.323 e. The molecule has 3 aromatic rings. The summed E-state index contributed by atoms with van der Waals surface area (Å²) in [5.74, 6) is 0.460. The Bertz CT molecular complexity index is 777. The number of benzene rings is 2. The van der Waals surface area contributed by atoms with E-state index in [0.29, 0.717) is 5.95 Å². The summed E-state index contributed by atoms with van der Waals surface area (Å²) in [6, 6.07) is 17.8. The third-order valence-corrected chi connectivity index (χ3v) is 2.91. The van der Waals surface area contributed by atoms with Crippen LogP contribution >= 0.6 is 0 Å². The van der Waals surface area contributed by atoms with Gasteiger partial charge in [-0.15, -0.1) is 9.97 Å². The van der Waals surface area contributed by atoms with Crippen LogP contribution in [0.15, 0.2) is 54.6 Å². The van der Waals surface area contributed by atoms with Crippen LogP contribution in [0.5, 0.6) is 0 Å². The van der Waals surface area contributed by atoms with Gasteiger partial charge < -0.3 is 11.5 Å². The van der Waals surface area contributed by atoms with E-state index in [9.17, 15) is 0 Å². The molecule has 1 heterocycles. The van der Waals surface area contributed by atoms with Crippen LogP contribution < -0.4 is 16.5 Å². The van der Waals surface area contributed by atoms with Crippen molar-refractivity contribution < 1.29 is 4.99 Å². The van der Waals surface area contributed by atoms with Gasteiger partial charge in [0.1, 0.15) is 11.2 Å². The zero-order chi connectivity index (χ0) is 13.9. The fourth-order valence-corrected chi connectivity index (χ4v) is 2.08. The highest BCUT2D eigenvalue weighted by Gasteiger charge is 2.12. The Morgan fingerprint density at radius 3 is 2.30 bits per heavy atom. The topological polar surface area (TPSA) is 91.8 Å². The highest BCUT2D eigenvalue weighted by Crippen LogP contribution is 2.25. The molecule has 0 amide bonds. The summed E-state index contributed by atoms with van der Waals surface area (Å²) in [6.07, 6.45) is 0. The third kappa shape index (κ3) is 2.29. The molecule has 0 saturated carbocycles. The molecule has 5 heteroatoms. The Morgan fingerprint density at radius 1 is 0.850 bits per heavy atom. The maximum atomic E-state index is 5.46. The van der Waals surface area contributed by atoms with Gasteiger partial charge in [-0.3, -0.25) is 0 Å². The Morgan fingerprint density at radius 2 is 1.55 bits per heavy atom. The van der Waals surface area contributed by atoms with E-state index in [1.165, 1.54) is 0 Å². The summed E-state index contributed by atoms with van der Waals surface area (Å²) in [6.45, 7) is 0. The van der Waals surface area contributed by atoms with Gasteiger partial charge >= 0.3 is 5.95 Å². The monoisotopic (exact) mass is 264 g/mol. The van der Waals surface area contributed by atoms with Crippen LogP contribution in [-0.4, -0.2) is 15.9 Å². The zero-order valence-corrected chi connectivity index (χ0v) is 10.7. The van der Waals surface area contributed by atoms with Gasteiger partial charge in [0.05, 0.1) is 0 Å². The average molecular weight is 264 g/mol. The van der Waals surface area contributed by atoms with Gasteiger partial charge in [-0.05, 0) is 12.1 Å². The van der Waals surface area contributed by atoms with Crippen LogP contribution in [0.4, 0.5) is 5.95 Å². The van der Waals surface area contributed by atoms with Crippen LogP contribution in [0.2, 0.25) is 0 Å². The van der Waals surface area contributed by atoms with E-state index in [0.717, 1.165) is 22.2 Å². The molecule has 0 aliphatic carbocycles. The van der Waals surface area contributed by atoms with Crippen molar-refractivity contribution >= 4 is 22.8 Å². The first kappa shape index (κ1) is 12.1. The van der Waals surface area contributed by atoms with Gasteiger partial charge in [0.15, 0.2) is 0 Å². The second-order valence-electron chi connectivity index (χ2n) is 4.36. The molecule has 0 unspecified atom stereocenters. The summed E-state index contributed by atoms with van der Waals surface area (Å²) in [7, 11) is 0. The maximum absolute atomic E-state index is 5.46. The van der Waals surface area contributed by atoms with Crippen LogP contribution in [0.3, 0.4) is 0 Å². The summed E-state index contributed by atoms with van der Waals surface area (Å²) in [5.41, 5.74) is 13.6. The molecule has 0 aliphatic rings. The predicted octanol–water partition coefficient (Wildman–Crippen LogP) is 0.282. The number of fused-ring (bicyclic) bond motifs is 1. The Balaban J connectivity index is 2.31. The summed E-state index contributed by atoms with van der Waals surface area (Å²) in [5, 5.41) is 0.986. The zero-order valence-electron chi connectivity index (χ0n) is 10.7. The summed E-state index contributed by atoms with van der Waals surface area (Å²) < 4.78 is 0. The lowest BCUT2D eigenvalue weighted by Crippen LogP contribution is -2.73. The number of rotatable bonds is 2. The van der Waals surface area contributed by atoms with Crippen molar-refractivity contribution in [2.24, 2.45) is 11.5 Å². The normalized spacial score (nSPS) is 10.4. The summed E-state index contributed by atoms with van der Waals surface area (Å²) >= 11 is 0. The molecular weight excluding hydrogens is 250 g/mol. The van der Waals surface area contributed by atoms with Crippen molar-refractivity contribution in [3.8, 4) is 11.3 Å². The second-order valence-corrected chi connectivity index (χ2v) is 4.36. The molecule has 5 nitrogen and oxygen atoms in total. The van der Waals surface area contributed by atoms with Gasteiger partial charge in [-0.1, -0.05) is 42.5 Å². The van der Waals surface area contributed by atoms with Crippen LogP contribution in [0.1, 0.15) is 0 Å². The predicted molar refractivity (Wildman–Crippen MR) is 79.0 cm³/mol. The first-order valence-electron chi connectivity index (χ1n) is 6.21. The molecule has 0 aliphatic heterocycles. The van der Waals surface area contributed by atoms with Crippen LogP contribution in [-0.2, 0) is 0 Å². The number of nitrogens with zero attached hydrogens (tertiary/aromatic N) is 2. The SMILES string of the molecule is NC(N)=[NH+]c1nc(-c2ccccc2)c2ccccc2n1. The van der Waals surface area contributed by atoms with Crippen molar-refractivity contribution in [2.75, 3.05) is 0 Å². The van der Waals surface area contributed by atoms with E-state index in [4.69, 9.17) is 11.5 Å². The first-order chi connectivity index (χ1) is 9.74. The number of nitrogens with two attached hydrogens (primary N) is 2. The average Bonchev–Trinajstić information content (AvgIpc) is 2.47. The molecule has 0 spiro atoms. The minimum absolute atomic E-state index is 0.0688.